The number of ether oxygens (including phenoxy) is 1. The molecule has 2 amide bonds. The molecule has 1 heterocycles. The lowest BCUT2D eigenvalue weighted by molar-refractivity contribution is -0.132. The van der Waals surface area contributed by atoms with Crippen molar-refractivity contribution in [2.24, 2.45) is 22.4 Å². The summed E-state index contributed by atoms with van der Waals surface area (Å²) in [5.74, 6) is -1.68. The summed E-state index contributed by atoms with van der Waals surface area (Å²) in [6.45, 7) is 2.01. The Bertz CT molecular complexity index is 331. The zero-order chi connectivity index (χ0) is 12.3. The molecule has 7 heteroatoms. The molecule has 0 aromatic rings. The summed E-state index contributed by atoms with van der Waals surface area (Å²) in [6.07, 6.45) is 1.28. The van der Waals surface area contributed by atoms with Gasteiger partial charge in [-0.1, -0.05) is 6.92 Å². The molecule has 7 nitrogen and oxygen atoms in total. The van der Waals surface area contributed by atoms with E-state index in [1.807, 2.05) is 0 Å². The van der Waals surface area contributed by atoms with Crippen LogP contribution in [0.15, 0.2) is 4.99 Å². The Morgan fingerprint density at radius 1 is 1.62 bits per heavy atom. The fourth-order valence-electron chi connectivity index (χ4n) is 1.95. The van der Waals surface area contributed by atoms with Crippen LogP contribution < -0.4 is 16.8 Å². The molecule has 1 rings (SSSR count). The van der Waals surface area contributed by atoms with Crippen molar-refractivity contribution < 1.29 is 14.3 Å². The summed E-state index contributed by atoms with van der Waals surface area (Å²) in [6, 6.07) is -0.991. The highest BCUT2D eigenvalue weighted by atomic mass is 16.5. The standard InChI is InChI=1S/C9H16N4O3/c1-5(3-16-2)9(8(11)15)6(7(10)14)12-4-13-9/h4-6H,3H2,1-2H3,(H2,10,14)(H2,11,15)(H,12,13). The Morgan fingerprint density at radius 3 is 2.69 bits per heavy atom. The molecule has 0 aromatic carbocycles. The number of aliphatic imine (C=N–C) groups is 1. The van der Waals surface area contributed by atoms with Crippen LogP contribution in [0, 0.1) is 5.92 Å². The van der Waals surface area contributed by atoms with Crippen molar-refractivity contribution in [1.29, 1.82) is 0 Å². The predicted molar refractivity (Wildman–Crippen MR) is 57.6 cm³/mol. The highest BCUT2D eigenvalue weighted by Crippen LogP contribution is 2.27. The summed E-state index contributed by atoms with van der Waals surface area (Å²) in [4.78, 5) is 26.7. The number of carbonyl (C=O) groups excluding carboxylic acids is 2. The molecule has 5 N–H and O–H groups in total. The van der Waals surface area contributed by atoms with Crippen LogP contribution in [0.3, 0.4) is 0 Å². The molecule has 16 heavy (non-hydrogen) atoms. The molecule has 0 aromatic heterocycles. The number of nitrogens with zero attached hydrogens (tertiary/aromatic N) is 1. The van der Waals surface area contributed by atoms with Crippen molar-refractivity contribution in [3.63, 3.8) is 0 Å². The highest BCUT2D eigenvalue weighted by Gasteiger charge is 2.53. The Kier molecular flexibility index (Phi) is 3.48. The number of nitrogens with two attached hydrogens (primary N) is 2. The Labute approximate surface area is 93.2 Å². The largest absolute Gasteiger partial charge is 0.384 e. The minimum absolute atomic E-state index is 0.267. The smallest absolute Gasteiger partial charge is 0.246 e. The number of primary amides is 2. The molecule has 0 radical (unpaired) electrons. The molecule has 1 aliphatic rings. The number of rotatable bonds is 5. The van der Waals surface area contributed by atoms with Crippen molar-refractivity contribution in [3.05, 3.63) is 0 Å². The third-order valence-electron chi connectivity index (χ3n) is 2.83. The SMILES string of the molecule is COCC(C)C1(C(N)=O)NC=NC1C(N)=O. The minimum Gasteiger partial charge on any atom is -0.384 e. The first-order valence-electron chi connectivity index (χ1n) is 4.84. The maximum Gasteiger partial charge on any atom is 0.246 e. The van der Waals surface area contributed by atoms with Gasteiger partial charge in [-0.2, -0.15) is 0 Å². The quantitative estimate of drug-likeness (QED) is 0.503. The third kappa shape index (κ3) is 1.73. The van der Waals surface area contributed by atoms with Crippen LogP contribution in [-0.2, 0) is 14.3 Å². The first-order valence-corrected chi connectivity index (χ1v) is 4.84. The Hall–Kier alpha value is -1.63. The second-order valence-corrected chi connectivity index (χ2v) is 3.82. The molecule has 3 unspecified atom stereocenters. The monoisotopic (exact) mass is 228 g/mol. The summed E-state index contributed by atoms with van der Waals surface area (Å²) in [5, 5.41) is 2.74. The molecule has 1 aliphatic heterocycles. The van der Waals surface area contributed by atoms with Gasteiger partial charge in [0.15, 0.2) is 11.6 Å². The van der Waals surface area contributed by atoms with Crippen LogP contribution >= 0.6 is 0 Å². The van der Waals surface area contributed by atoms with Gasteiger partial charge in [-0.15, -0.1) is 0 Å². The van der Waals surface area contributed by atoms with Gasteiger partial charge >= 0.3 is 0 Å². The fourth-order valence-corrected chi connectivity index (χ4v) is 1.95. The molecule has 0 saturated carbocycles. The van der Waals surface area contributed by atoms with Crippen LogP contribution in [0.25, 0.3) is 0 Å². The van der Waals surface area contributed by atoms with E-state index < -0.39 is 23.4 Å². The van der Waals surface area contributed by atoms with E-state index in [1.54, 1.807) is 6.92 Å². The lowest BCUT2D eigenvalue weighted by Crippen LogP contribution is -2.66. The normalized spacial score (nSPS) is 29.8. The maximum absolute atomic E-state index is 11.6. The molecule has 0 saturated heterocycles. The van der Waals surface area contributed by atoms with Gasteiger partial charge in [0.25, 0.3) is 0 Å². The summed E-state index contributed by atoms with van der Waals surface area (Å²) < 4.78 is 4.96. The van der Waals surface area contributed by atoms with Crippen molar-refractivity contribution in [3.8, 4) is 0 Å². The van der Waals surface area contributed by atoms with Gasteiger partial charge in [0, 0.05) is 13.0 Å². The fraction of sp³-hybridized carbons (Fsp3) is 0.667. The third-order valence-corrected chi connectivity index (χ3v) is 2.83. The lowest BCUT2D eigenvalue weighted by atomic mass is 9.79. The number of amides is 2. The molecule has 3 atom stereocenters. The minimum atomic E-state index is -1.29. The van der Waals surface area contributed by atoms with Crippen molar-refractivity contribution in [2.75, 3.05) is 13.7 Å². The van der Waals surface area contributed by atoms with Crippen LogP contribution in [0.1, 0.15) is 6.92 Å². The van der Waals surface area contributed by atoms with Gasteiger partial charge in [-0.25, -0.2) is 0 Å². The lowest BCUT2D eigenvalue weighted by Gasteiger charge is -2.35. The molecular formula is C9H16N4O3. The number of methoxy groups -OCH3 is 1. The zero-order valence-electron chi connectivity index (χ0n) is 9.27. The van der Waals surface area contributed by atoms with Gasteiger partial charge in [-0.3, -0.25) is 14.6 Å². The van der Waals surface area contributed by atoms with E-state index in [0.717, 1.165) is 0 Å². The van der Waals surface area contributed by atoms with E-state index in [4.69, 9.17) is 16.2 Å². The van der Waals surface area contributed by atoms with Gasteiger partial charge in [-0.05, 0) is 0 Å². The van der Waals surface area contributed by atoms with Crippen LogP contribution in [0.2, 0.25) is 0 Å². The molecular weight excluding hydrogens is 212 g/mol. The highest BCUT2D eigenvalue weighted by molar-refractivity contribution is 5.99. The number of nitrogens with one attached hydrogen (secondary N) is 1. The first-order chi connectivity index (χ1) is 7.46. The second kappa shape index (κ2) is 4.48. The van der Waals surface area contributed by atoms with Crippen LogP contribution in [0.4, 0.5) is 0 Å². The average Bonchev–Trinajstić information content (AvgIpc) is 2.62. The zero-order valence-corrected chi connectivity index (χ0v) is 9.27. The van der Waals surface area contributed by atoms with E-state index in [1.165, 1.54) is 13.4 Å². The number of hydrogen-bond acceptors (Lipinski definition) is 5. The molecule has 0 fully saturated rings. The van der Waals surface area contributed by atoms with E-state index in [2.05, 4.69) is 10.3 Å². The predicted octanol–water partition coefficient (Wildman–Crippen LogP) is -2.02. The van der Waals surface area contributed by atoms with Crippen molar-refractivity contribution >= 4 is 18.2 Å². The van der Waals surface area contributed by atoms with Gasteiger partial charge in [0.1, 0.15) is 0 Å². The van der Waals surface area contributed by atoms with Gasteiger partial charge in [0.2, 0.25) is 11.8 Å². The summed E-state index contributed by atoms with van der Waals surface area (Å²) in [5.41, 5.74) is 9.26. The van der Waals surface area contributed by atoms with E-state index in [9.17, 15) is 9.59 Å². The van der Waals surface area contributed by atoms with Crippen molar-refractivity contribution in [2.45, 2.75) is 18.5 Å². The molecule has 0 bridgehead atoms. The molecule has 0 aliphatic carbocycles. The maximum atomic E-state index is 11.6. The molecule has 90 valence electrons. The number of hydrogen-bond donors (Lipinski definition) is 3. The summed E-state index contributed by atoms with van der Waals surface area (Å²) >= 11 is 0. The van der Waals surface area contributed by atoms with Crippen molar-refractivity contribution in [1.82, 2.24) is 5.32 Å². The van der Waals surface area contributed by atoms with Gasteiger partial charge in [0.05, 0.1) is 12.9 Å². The first kappa shape index (κ1) is 12.4. The summed E-state index contributed by atoms with van der Waals surface area (Å²) in [7, 11) is 1.50. The van der Waals surface area contributed by atoms with Crippen LogP contribution in [-0.4, -0.2) is 43.5 Å². The Morgan fingerprint density at radius 2 is 2.25 bits per heavy atom. The van der Waals surface area contributed by atoms with Gasteiger partial charge < -0.3 is 21.5 Å². The van der Waals surface area contributed by atoms with E-state index in [-0.39, 0.29) is 12.5 Å². The van der Waals surface area contributed by atoms with E-state index >= 15 is 0 Å². The Balaban J connectivity index is 3.06. The number of carbonyl (C=O) groups is 2. The topological polar surface area (TPSA) is 120 Å². The van der Waals surface area contributed by atoms with Crippen LogP contribution in [0.5, 0.6) is 0 Å². The van der Waals surface area contributed by atoms with E-state index in [0.29, 0.717) is 0 Å². The molecule has 0 spiro atoms. The second-order valence-electron chi connectivity index (χ2n) is 3.82. The average molecular weight is 228 g/mol.